The molecule has 318 valence electrons. The van der Waals surface area contributed by atoms with E-state index in [0.717, 1.165) is 111 Å². The van der Waals surface area contributed by atoms with Crippen molar-refractivity contribution in [2.45, 2.75) is 0 Å². The third kappa shape index (κ3) is 6.82. The highest BCUT2D eigenvalue weighted by Gasteiger charge is 2.22. The fourth-order valence-electron chi connectivity index (χ4n) is 9.63. The molecule has 4 aromatic heterocycles. The minimum atomic E-state index is 0.518. The summed E-state index contributed by atoms with van der Waals surface area (Å²) in [6.45, 7) is 0. The third-order valence-corrected chi connectivity index (χ3v) is 12.9. The molecule has 6 nitrogen and oxygen atoms in total. The van der Waals surface area contributed by atoms with Gasteiger partial charge in [0, 0.05) is 55.9 Å². The van der Waals surface area contributed by atoms with Gasteiger partial charge in [0.1, 0.15) is 11.2 Å². The van der Waals surface area contributed by atoms with E-state index >= 15 is 0 Å². The van der Waals surface area contributed by atoms with Crippen LogP contribution in [0.4, 0.5) is 0 Å². The number of pyridine rings is 1. The third-order valence-electron chi connectivity index (χ3n) is 12.9. The summed E-state index contributed by atoms with van der Waals surface area (Å²) in [4.78, 5) is 20.9. The Kier molecular flexibility index (Phi) is 9.39. The summed E-state index contributed by atoms with van der Waals surface area (Å²) < 4.78 is 9.33. The number of hydrogen-bond donors (Lipinski definition) is 0. The smallest absolute Gasteiger partial charge is 0.166 e. The molecule has 9 aromatic carbocycles. The molecule has 0 bridgehead atoms. The minimum Gasteiger partial charge on any atom is -0.455 e. The second-order valence-corrected chi connectivity index (χ2v) is 17.0. The van der Waals surface area contributed by atoms with Crippen LogP contribution in [0.2, 0.25) is 0 Å². The quantitative estimate of drug-likeness (QED) is 0.152. The van der Waals surface area contributed by atoms with Gasteiger partial charge in [0.2, 0.25) is 0 Å². The van der Waals surface area contributed by atoms with E-state index in [1.165, 1.54) is 0 Å². The average Bonchev–Trinajstić information content (AvgIpc) is 3.97. The number of furan rings is 1. The van der Waals surface area contributed by atoms with Gasteiger partial charge in [-0.15, -0.1) is 0 Å². The normalized spacial score (nSPS) is 11.5. The Morgan fingerprint density at radius 2 is 0.853 bits per heavy atom. The van der Waals surface area contributed by atoms with Crippen LogP contribution < -0.4 is 0 Å². The van der Waals surface area contributed by atoms with Crippen LogP contribution in [0, 0.1) is 0 Å². The van der Waals surface area contributed by atoms with Crippen molar-refractivity contribution in [3.05, 3.63) is 237 Å². The second-order valence-electron chi connectivity index (χ2n) is 17.0. The minimum absolute atomic E-state index is 0.518. The summed E-state index contributed by atoms with van der Waals surface area (Å²) in [5, 5.41) is 4.32. The number of hydrogen-bond acceptors (Lipinski definition) is 5. The maximum absolute atomic E-state index is 7.01. The molecule has 4 heterocycles. The van der Waals surface area contributed by atoms with E-state index in [4.69, 9.17) is 24.4 Å². The van der Waals surface area contributed by atoms with Crippen LogP contribution in [-0.4, -0.2) is 24.5 Å². The van der Waals surface area contributed by atoms with E-state index in [2.05, 4.69) is 174 Å². The molecule has 0 atom stereocenters. The monoisotopic (exact) mass is 869 g/mol. The van der Waals surface area contributed by atoms with Gasteiger partial charge in [-0.3, -0.25) is 4.98 Å². The van der Waals surface area contributed by atoms with E-state index in [0.29, 0.717) is 17.5 Å². The van der Waals surface area contributed by atoms with Crippen molar-refractivity contribution in [3.63, 3.8) is 0 Å². The molecule has 0 spiro atoms. The Morgan fingerprint density at radius 3 is 1.47 bits per heavy atom. The number of aromatic nitrogens is 5. The molecule has 13 rings (SSSR count). The van der Waals surface area contributed by atoms with Crippen molar-refractivity contribution < 1.29 is 4.42 Å². The van der Waals surface area contributed by atoms with Gasteiger partial charge in [-0.25, -0.2) is 15.0 Å². The standard InChI is InChI=1S/C62H39N5O/c1-6-18-40(19-7-1)45-34-46(41-20-8-2-9-21-41)36-47(35-45)48-37-53(62-65-60(42-22-10-3-11-23-42)64-61(66-62)43-24-12-4-13-25-43)58(63-39-48)44-30-31-50-51-32-33-55-57(59(51)68-56(50)38-44)52-28-16-17-29-54(52)67(55)49-26-14-5-15-27-49/h1-39H. The predicted octanol–water partition coefficient (Wildman–Crippen LogP) is 15.9. The SMILES string of the molecule is c1ccc(-c2cc(-c3ccccc3)cc(-c3cnc(-c4ccc5c(c4)oc4c5ccc5c4c4ccccc4n5-c4ccccc4)c(-c4nc(-c5ccccc5)nc(-c5ccccc5)n4)c3)c2)cc1. The molecule has 68 heavy (non-hydrogen) atoms. The first-order chi connectivity index (χ1) is 33.7. The molecule has 13 aromatic rings. The summed E-state index contributed by atoms with van der Waals surface area (Å²) in [7, 11) is 0. The van der Waals surface area contributed by atoms with Gasteiger partial charge < -0.3 is 8.98 Å². The molecule has 0 aliphatic carbocycles. The topological polar surface area (TPSA) is 69.6 Å². The lowest BCUT2D eigenvalue weighted by atomic mass is 9.92. The Labute approximate surface area is 392 Å². The molecule has 0 aliphatic heterocycles. The van der Waals surface area contributed by atoms with E-state index in [9.17, 15) is 0 Å². The number of para-hydroxylation sites is 2. The van der Waals surface area contributed by atoms with E-state index in [1.54, 1.807) is 0 Å². The first-order valence-corrected chi connectivity index (χ1v) is 22.8. The van der Waals surface area contributed by atoms with Gasteiger partial charge >= 0.3 is 0 Å². The fraction of sp³-hybridized carbons (Fsp3) is 0. The molecule has 0 saturated carbocycles. The Hall–Kier alpha value is -9.26. The Bertz CT molecular complexity index is 3880. The number of benzene rings is 9. The van der Waals surface area contributed by atoms with Gasteiger partial charge in [0.05, 0.1) is 22.1 Å². The molecule has 0 saturated heterocycles. The highest BCUT2D eigenvalue weighted by molar-refractivity contribution is 6.24. The Balaban J connectivity index is 1.04. The lowest BCUT2D eigenvalue weighted by molar-refractivity contribution is 0.673. The second kappa shape index (κ2) is 16.3. The van der Waals surface area contributed by atoms with Crippen molar-refractivity contribution >= 4 is 43.7 Å². The van der Waals surface area contributed by atoms with Crippen molar-refractivity contribution in [2.75, 3.05) is 0 Å². The molecule has 0 unspecified atom stereocenters. The molecule has 0 N–H and O–H groups in total. The zero-order valence-electron chi connectivity index (χ0n) is 36.7. The van der Waals surface area contributed by atoms with E-state index in [1.807, 2.05) is 66.9 Å². The molecule has 0 amide bonds. The molecular weight excluding hydrogens is 831 g/mol. The zero-order chi connectivity index (χ0) is 45.0. The van der Waals surface area contributed by atoms with Crippen LogP contribution in [0.3, 0.4) is 0 Å². The lowest BCUT2D eigenvalue weighted by Crippen LogP contribution is -2.02. The van der Waals surface area contributed by atoms with Crippen LogP contribution in [0.25, 0.3) is 128 Å². The number of fused-ring (bicyclic) bond motifs is 7. The van der Waals surface area contributed by atoms with Crippen molar-refractivity contribution in [3.8, 4) is 84.5 Å². The van der Waals surface area contributed by atoms with Gasteiger partial charge in [-0.1, -0.05) is 164 Å². The van der Waals surface area contributed by atoms with Gasteiger partial charge in [-0.05, 0) is 94.5 Å². The van der Waals surface area contributed by atoms with Crippen molar-refractivity contribution in [1.82, 2.24) is 24.5 Å². The van der Waals surface area contributed by atoms with E-state index in [-0.39, 0.29) is 0 Å². The summed E-state index contributed by atoms with van der Waals surface area (Å²) in [5.74, 6) is 1.68. The van der Waals surface area contributed by atoms with Gasteiger partial charge in [0.15, 0.2) is 17.5 Å². The summed E-state index contributed by atoms with van der Waals surface area (Å²) >= 11 is 0. The van der Waals surface area contributed by atoms with Crippen LogP contribution in [0.15, 0.2) is 241 Å². The number of nitrogens with zero attached hydrogens (tertiary/aromatic N) is 5. The van der Waals surface area contributed by atoms with Gasteiger partial charge in [-0.2, -0.15) is 0 Å². The summed E-state index contributed by atoms with van der Waals surface area (Å²) in [5.41, 5.74) is 15.6. The number of rotatable bonds is 8. The molecule has 0 radical (unpaired) electrons. The molecule has 6 heteroatoms. The van der Waals surface area contributed by atoms with Crippen LogP contribution in [0.1, 0.15) is 0 Å². The van der Waals surface area contributed by atoms with Gasteiger partial charge in [0.25, 0.3) is 0 Å². The highest BCUT2D eigenvalue weighted by Crippen LogP contribution is 2.43. The van der Waals surface area contributed by atoms with Crippen LogP contribution in [0.5, 0.6) is 0 Å². The first kappa shape index (κ1) is 39.1. The van der Waals surface area contributed by atoms with Crippen LogP contribution >= 0.6 is 0 Å². The fourth-order valence-corrected chi connectivity index (χ4v) is 9.63. The summed E-state index contributed by atoms with van der Waals surface area (Å²) in [6, 6.07) is 80.1. The Morgan fingerprint density at radius 1 is 0.338 bits per heavy atom. The molecule has 0 fully saturated rings. The lowest BCUT2D eigenvalue weighted by Gasteiger charge is -2.15. The predicted molar refractivity (Wildman–Crippen MR) is 277 cm³/mol. The largest absolute Gasteiger partial charge is 0.455 e. The maximum atomic E-state index is 7.01. The molecular formula is C62H39N5O. The molecule has 0 aliphatic rings. The van der Waals surface area contributed by atoms with Crippen LogP contribution in [-0.2, 0) is 0 Å². The maximum Gasteiger partial charge on any atom is 0.166 e. The zero-order valence-corrected chi connectivity index (χ0v) is 36.7. The van der Waals surface area contributed by atoms with E-state index < -0.39 is 0 Å². The van der Waals surface area contributed by atoms with Crippen molar-refractivity contribution in [1.29, 1.82) is 0 Å². The summed E-state index contributed by atoms with van der Waals surface area (Å²) in [6.07, 6.45) is 1.97. The highest BCUT2D eigenvalue weighted by atomic mass is 16.3. The first-order valence-electron chi connectivity index (χ1n) is 22.8. The average molecular weight is 870 g/mol. The van der Waals surface area contributed by atoms with Crippen molar-refractivity contribution in [2.24, 2.45) is 0 Å².